The van der Waals surface area contributed by atoms with Gasteiger partial charge in [-0.1, -0.05) is 20.3 Å². The average molecular weight is 312 g/mol. The number of hydrogen-bond donors (Lipinski definition) is 1. The number of halogens is 1. The van der Waals surface area contributed by atoms with Crippen molar-refractivity contribution < 1.29 is 13.9 Å². The molecule has 0 saturated heterocycles. The summed E-state index contributed by atoms with van der Waals surface area (Å²) < 4.78 is 25.2. The third-order valence-electron chi connectivity index (χ3n) is 3.84. The van der Waals surface area contributed by atoms with Crippen molar-refractivity contribution in [1.82, 2.24) is 5.32 Å². The monoisotopic (exact) mass is 312 g/mol. The van der Waals surface area contributed by atoms with Gasteiger partial charge in [-0.25, -0.2) is 9.38 Å². The van der Waals surface area contributed by atoms with Gasteiger partial charge < -0.3 is 14.8 Å². The van der Waals surface area contributed by atoms with Crippen molar-refractivity contribution in [2.75, 3.05) is 13.7 Å². The van der Waals surface area contributed by atoms with Crippen molar-refractivity contribution in [2.45, 2.75) is 59.3 Å². The minimum Gasteiger partial charge on any atom is -0.371 e. The van der Waals surface area contributed by atoms with Crippen LogP contribution in [0.15, 0.2) is 28.7 Å². The molecule has 0 aromatic carbocycles. The van der Waals surface area contributed by atoms with Crippen LogP contribution in [0, 0.1) is 5.92 Å². The fourth-order valence-electron chi connectivity index (χ4n) is 2.19. The van der Waals surface area contributed by atoms with Crippen LogP contribution in [0.2, 0.25) is 0 Å². The molecule has 1 rings (SSSR count). The Morgan fingerprint density at radius 2 is 2.14 bits per heavy atom. The Morgan fingerprint density at radius 1 is 1.45 bits per heavy atom. The molecule has 0 aromatic heterocycles. The van der Waals surface area contributed by atoms with Crippen LogP contribution in [0.5, 0.6) is 0 Å². The molecule has 0 bridgehead atoms. The van der Waals surface area contributed by atoms with Crippen LogP contribution in [0.4, 0.5) is 4.39 Å². The highest BCUT2D eigenvalue weighted by molar-refractivity contribution is 5.94. The smallest absolute Gasteiger partial charge is 0.173 e. The Kier molecular flexibility index (Phi) is 7.23. The maximum atomic E-state index is 14.0. The van der Waals surface area contributed by atoms with E-state index in [0.717, 1.165) is 18.4 Å². The first-order chi connectivity index (χ1) is 10.3. The van der Waals surface area contributed by atoms with E-state index < -0.39 is 6.23 Å². The van der Waals surface area contributed by atoms with Gasteiger partial charge in [-0.3, -0.25) is 0 Å². The van der Waals surface area contributed by atoms with Gasteiger partial charge in [-0.2, -0.15) is 0 Å². The van der Waals surface area contributed by atoms with E-state index in [2.05, 4.69) is 17.2 Å². The summed E-state index contributed by atoms with van der Waals surface area (Å²) >= 11 is 0. The third kappa shape index (κ3) is 5.89. The second-order valence-electron chi connectivity index (χ2n) is 6.31. The fraction of sp³-hybridized carbons (Fsp3) is 0.706. The van der Waals surface area contributed by atoms with Gasteiger partial charge in [0.1, 0.15) is 11.7 Å². The van der Waals surface area contributed by atoms with E-state index in [1.54, 1.807) is 13.3 Å². The molecular weight excluding hydrogens is 283 g/mol. The number of nitrogens with one attached hydrogen (secondary N) is 1. The number of nitrogens with zero attached hydrogens (tertiary/aromatic N) is 1. The summed E-state index contributed by atoms with van der Waals surface area (Å²) in [4.78, 5) is 4.39. The summed E-state index contributed by atoms with van der Waals surface area (Å²) in [6, 6.07) is 0. The number of hydrogen-bond acceptors (Lipinski definition) is 3. The topological polar surface area (TPSA) is 42.8 Å². The van der Waals surface area contributed by atoms with Gasteiger partial charge in [0.2, 0.25) is 0 Å². The molecule has 0 radical (unpaired) electrons. The molecule has 1 aliphatic heterocycles. The molecule has 22 heavy (non-hydrogen) atoms. The van der Waals surface area contributed by atoms with Crippen molar-refractivity contribution in [3.63, 3.8) is 0 Å². The van der Waals surface area contributed by atoms with Gasteiger partial charge in [-0.05, 0) is 32.8 Å². The Bertz CT molecular complexity index is 456. The minimum absolute atomic E-state index is 0.209. The largest absolute Gasteiger partial charge is 0.371 e. The fourth-order valence-corrected chi connectivity index (χ4v) is 2.19. The van der Waals surface area contributed by atoms with Crippen molar-refractivity contribution in [1.29, 1.82) is 0 Å². The van der Waals surface area contributed by atoms with Crippen molar-refractivity contribution in [3.05, 3.63) is 23.7 Å². The summed E-state index contributed by atoms with van der Waals surface area (Å²) in [5.41, 5.74) is 0.711. The van der Waals surface area contributed by atoms with Crippen LogP contribution in [0.25, 0.3) is 0 Å². The summed E-state index contributed by atoms with van der Waals surface area (Å²) in [6.07, 6.45) is 4.75. The third-order valence-corrected chi connectivity index (χ3v) is 3.84. The molecule has 0 aliphatic carbocycles. The van der Waals surface area contributed by atoms with Gasteiger partial charge >= 0.3 is 0 Å². The minimum atomic E-state index is -0.468. The average Bonchev–Trinajstić information content (AvgIpc) is 2.57. The first kappa shape index (κ1) is 18.8. The summed E-state index contributed by atoms with van der Waals surface area (Å²) in [6.45, 7) is 10.3. The van der Waals surface area contributed by atoms with Crippen LogP contribution in [0.3, 0.4) is 0 Å². The van der Waals surface area contributed by atoms with Gasteiger partial charge in [-0.15, -0.1) is 0 Å². The van der Waals surface area contributed by atoms with Crippen molar-refractivity contribution in [2.24, 2.45) is 10.9 Å². The number of amidine groups is 1. The lowest BCUT2D eigenvalue weighted by atomic mass is 10.0. The molecule has 1 N–H and O–H groups in total. The summed E-state index contributed by atoms with van der Waals surface area (Å²) in [7, 11) is 1.57. The number of aliphatic imine (C=N–C) groups is 1. The van der Waals surface area contributed by atoms with Crippen molar-refractivity contribution >= 4 is 5.84 Å². The zero-order valence-electron chi connectivity index (χ0n) is 14.6. The maximum absolute atomic E-state index is 14.0. The SMILES string of the molecule is CCCC(C)(C)OCC(N=C1C=C(F)C(C)C(C)=CN1)OC. The second-order valence-corrected chi connectivity index (χ2v) is 6.31. The molecule has 0 aromatic rings. The van der Waals surface area contributed by atoms with Crippen LogP contribution in [-0.4, -0.2) is 31.4 Å². The van der Waals surface area contributed by atoms with E-state index in [-0.39, 0.29) is 17.3 Å². The maximum Gasteiger partial charge on any atom is 0.173 e. The number of methoxy groups -OCH3 is 1. The van der Waals surface area contributed by atoms with Gasteiger partial charge in [0.05, 0.1) is 12.2 Å². The highest BCUT2D eigenvalue weighted by Gasteiger charge is 2.20. The molecule has 4 nitrogen and oxygen atoms in total. The Labute approximate surface area is 133 Å². The Balaban J connectivity index is 2.76. The Hall–Kier alpha value is -1.20. The molecule has 0 fully saturated rings. The summed E-state index contributed by atoms with van der Waals surface area (Å²) in [5, 5.41) is 3.02. The highest BCUT2D eigenvalue weighted by atomic mass is 19.1. The van der Waals surface area contributed by atoms with Crippen LogP contribution >= 0.6 is 0 Å². The van der Waals surface area contributed by atoms with Gasteiger partial charge in [0.15, 0.2) is 6.23 Å². The number of allylic oxidation sites excluding steroid dienone is 2. The Morgan fingerprint density at radius 3 is 2.73 bits per heavy atom. The molecule has 2 atom stereocenters. The predicted molar refractivity (Wildman–Crippen MR) is 88.4 cm³/mol. The quantitative estimate of drug-likeness (QED) is 0.774. The first-order valence-electron chi connectivity index (χ1n) is 7.84. The van der Waals surface area contributed by atoms with Crippen molar-refractivity contribution in [3.8, 4) is 0 Å². The molecule has 1 aliphatic rings. The summed E-state index contributed by atoms with van der Waals surface area (Å²) in [5.74, 6) is 0.00506. The zero-order chi connectivity index (χ0) is 16.8. The molecule has 0 amide bonds. The van der Waals surface area contributed by atoms with E-state index in [0.29, 0.717) is 12.4 Å². The zero-order valence-corrected chi connectivity index (χ0v) is 14.6. The van der Waals surface area contributed by atoms with Gasteiger partial charge in [0, 0.05) is 25.3 Å². The van der Waals surface area contributed by atoms with E-state index in [1.165, 1.54) is 6.08 Å². The van der Waals surface area contributed by atoms with E-state index in [9.17, 15) is 4.39 Å². The molecule has 0 saturated carbocycles. The second kappa shape index (κ2) is 8.44. The standard InChI is InChI=1S/C17H29FN2O2/c1-7-8-17(4,5)22-11-16(21-6)20-15-9-14(18)13(3)12(2)10-19-15/h9-10,13,16H,7-8,11H2,1-6H3,(H,19,20). The van der Waals surface area contributed by atoms with Crippen LogP contribution in [-0.2, 0) is 9.47 Å². The van der Waals surface area contributed by atoms with E-state index >= 15 is 0 Å². The molecular formula is C17H29FN2O2. The lowest BCUT2D eigenvalue weighted by Crippen LogP contribution is -2.30. The molecule has 126 valence electrons. The number of ether oxygens (including phenoxy) is 2. The lowest BCUT2D eigenvalue weighted by molar-refractivity contribution is -0.0711. The molecule has 2 unspecified atom stereocenters. The molecule has 1 heterocycles. The van der Waals surface area contributed by atoms with E-state index in [4.69, 9.17) is 9.47 Å². The lowest BCUT2D eigenvalue weighted by Gasteiger charge is -2.26. The molecule has 0 spiro atoms. The normalized spacial score (nSPS) is 22.7. The number of rotatable bonds is 7. The van der Waals surface area contributed by atoms with Crippen LogP contribution in [0.1, 0.15) is 47.5 Å². The van der Waals surface area contributed by atoms with Crippen LogP contribution < -0.4 is 5.32 Å². The first-order valence-corrected chi connectivity index (χ1v) is 7.84. The molecule has 5 heteroatoms. The predicted octanol–water partition coefficient (Wildman–Crippen LogP) is 3.95. The highest BCUT2D eigenvalue weighted by Crippen LogP contribution is 2.22. The van der Waals surface area contributed by atoms with E-state index in [1.807, 2.05) is 27.7 Å². The van der Waals surface area contributed by atoms with Gasteiger partial charge in [0.25, 0.3) is 0 Å².